The normalized spacial score (nSPS) is 22.5. The first-order valence-electron chi connectivity index (χ1n) is 7.00. The minimum atomic E-state index is -3.61. The molecular weight excluding hydrogens is 340 g/mol. The number of carboxylic acid groups (broad SMARTS) is 1. The molecule has 0 unspecified atom stereocenters. The van der Waals surface area contributed by atoms with Gasteiger partial charge >= 0.3 is 5.97 Å². The van der Waals surface area contributed by atoms with E-state index in [9.17, 15) is 13.2 Å². The lowest BCUT2D eigenvalue weighted by molar-refractivity contribution is -0.138. The van der Waals surface area contributed by atoms with E-state index in [0.717, 1.165) is 5.56 Å². The summed E-state index contributed by atoms with van der Waals surface area (Å²) in [4.78, 5) is 11.1. The minimum absolute atomic E-state index is 0.104. The first-order valence-corrected chi connectivity index (χ1v) is 9.32. The van der Waals surface area contributed by atoms with Crippen LogP contribution >= 0.6 is 11.3 Å². The fourth-order valence-electron chi connectivity index (χ4n) is 2.85. The first kappa shape index (κ1) is 16.1. The zero-order valence-corrected chi connectivity index (χ0v) is 14.0. The van der Waals surface area contributed by atoms with Crippen LogP contribution in [-0.4, -0.2) is 52.3 Å². The number of hydrogen-bond acceptors (Lipinski definition) is 6. The molecule has 124 valence electrons. The van der Waals surface area contributed by atoms with Gasteiger partial charge in [-0.15, -0.1) is 11.3 Å². The van der Waals surface area contributed by atoms with Crippen molar-refractivity contribution < 1.29 is 18.3 Å². The highest BCUT2D eigenvalue weighted by Crippen LogP contribution is 2.37. The van der Waals surface area contributed by atoms with Crippen molar-refractivity contribution in [3.8, 4) is 0 Å². The van der Waals surface area contributed by atoms with Gasteiger partial charge in [0.25, 0.3) is 10.0 Å². The van der Waals surface area contributed by atoms with Crippen LogP contribution in [0.3, 0.4) is 0 Å². The van der Waals surface area contributed by atoms with Crippen molar-refractivity contribution in [2.24, 2.45) is 5.92 Å². The van der Waals surface area contributed by atoms with E-state index < -0.39 is 16.0 Å². The average molecular weight is 356 g/mol. The summed E-state index contributed by atoms with van der Waals surface area (Å²) in [6.45, 7) is 2.22. The number of aromatic nitrogens is 3. The van der Waals surface area contributed by atoms with E-state index in [0.29, 0.717) is 5.69 Å². The quantitative estimate of drug-likeness (QED) is 0.827. The Morgan fingerprint density at radius 1 is 1.52 bits per heavy atom. The fraction of sp³-hybridized carbons (Fsp3) is 0.462. The zero-order valence-electron chi connectivity index (χ0n) is 12.3. The molecule has 0 saturated carbocycles. The second-order valence-corrected chi connectivity index (χ2v) is 8.70. The van der Waals surface area contributed by atoms with E-state index in [4.69, 9.17) is 5.11 Å². The number of H-pyrrole nitrogens is 1. The van der Waals surface area contributed by atoms with Crippen LogP contribution < -0.4 is 0 Å². The highest BCUT2D eigenvalue weighted by molar-refractivity contribution is 7.91. The summed E-state index contributed by atoms with van der Waals surface area (Å²) in [6.07, 6.45) is 1.41. The van der Waals surface area contributed by atoms with Crippen LogP contribution in [0.5, 0.6) is 0 Å². The Morgan fingerprint density at radius 3 is 2.87 bits per heavy atom. The summed E-state index contributed by atoms with van der Waals surface area (Å²) in [7, 11) is -3.61. The number of rotatable bonds is 5. The van der Waals surface area contributed by atoms with Gasteiger partial charge < -0.3 is 5.11 Å². The molecule has 3 heterocycles. The molecule has 1 saturated heterocycles. The van der Waals surface area contributed by atoms with Crippen molar-refractivity contribution in [1.82, 2.24) is 19.7 Å². The summed E-state index contributed by atoms with van der Waals surface area (Å²) in [5.74, 6) is -1.55. The molecule has 0 spiro atoms. The van der Waals surface area contributed by atoms with Gasteiger partial charge in [-0.1, -0.05) is 0 Å². The van der Waals surface area contributed by atoms with Gasteiger partial charge in [-0.3, -0.25) is 4.79 Å². The van der Waals surface area contributed by atoms with Crippen LogP contribution in [-0.2, 0) is 14.8 Å². The summed E-state index contributed by atoms with van der Waals surface area (Å²) in [5.41, 5.74) is 1.49. The van der Waals surface area contributed by atoms with Crippen molar-refractivity contribution in [3.05, 3.63) is 28.9 Å². The molecule has 8 nitrogen and oxygen atoms in total. The molecule has 10 heteroatoms. The lowest BCUT2D eigenvalue weighted by Crippen LogP contribution is -2.28. The van der Waals surface area contributed by atoms with Crippen LogP contribution in [0, 0.1) is 12.8 Å². The number of hydrogen-bond donors (Lipinski definition) is 2. The van der Waals surface area contributed by atoms with Gasteiger partial charge in [-0.25, -0.2) is 8.42 Å². The Hall–Kier alpha value is -1.78. The monoisotopic (exact) mass is 356 g/mol. The fourth-order valence-corrected chi connectivity index (χ4v) is 5.76. The standard InChI is InChI=1S/C13H16N4O4S2/c1-8-2-13(22-7-8)23(20,21)17-5-9(3-12(18)19)10(6-17)11-4-14-16-15-11/h2,4,7,9-10H,3,5-6H2,1H3,(H,18,19)(H,14,15,16)/t9-,10+/m0/s1. The number of sulfonamides is 1. The third kappa shape index (κ3) is 3.14. The smallest absolute Gasteiger partial charge is 0.303 e. The Balaban J connectivity index is 1.89. The highest BCUT2D eigenvalue weighted by atomic mass is 32.2. The first-order chi connectivity index (χ1) is 10.9. The molecule has 0 aliphatic carbocycles. The van der Waals surface area contributed by atoms with Crippen LogP contribution in [0.15, 0.2) is 21.9 Å². The van der Waals surface area contributed by atoms with Crippen molar-refractivity contribution in [1.29, 1.82) is 0 Å². The highest BCUT2D eigenvalue weighted by Gasteiger charge is 2.42. The minimum Gasteiger partial charge on any atom is -0.481 e. The number of nitrogens with one attached hydrogen (secondary N) is 1. The predicted molar refractivity (Wildman–Crippen MR) is 82.7 cm³/mol. The molecule has 2 atom stereocenters. The molecule has 2 N–H and O–H groups in total. The van der Waals surface area contributed by atoms with E-state index in [-0.39, 0.29) is 35.6 Å². The third-order valence-electron chi connectivity index (χ3n) is 3.96. The Morgan fingerprint density at radius 2 is 2.30 bits per heavy atom. The van der Waals surface area contributed by atoms with Crippen molar-refractivity contribution in [3.63, 3.8) is 0 Å². The van der Waals surface area contributed by atoms with Gasteiger partial charge in [0, 0.05) is 19.0 Å². The van der Waals surface area contributed by atoms with Crippen LogP contribution in [0.25, 0.3) is 0 Å². The van der Waals surface area contributed by atoms with Gasteiger partial charge in [0.1, 0.15) is 4.21 Å². The largest absolute Gasteiger partial charge is 0.481 e. The maximum atomic E-state index is 12.7. The van der Waals surface area contributed by atoms with Crippen LogP contribution in [0.1, 0.15) is 23.6 Å². The lowest BCUT2D eigenvalue weighted by Gasteiger charge is -2.14. The average Bonchev–Trinajstić information content (AvgIpc) is 3.16. The zero-order chi connectivity index (χ0) is 16.6. The molecule has 0 aromatic carbocycles. The number of carbonyl (C=O) groups is 1. The molecule has 23 heavy (non-hydrogen) atoms. The summed E-state index contributed by atoms with van der Waals surface area (Å²) in [6, 6.07) is 1.63. The molecule has 1 aliphatic heterocycles. The van der Waals surface area contributed by atoms with E-state index in [1.54, 1.807) is 11.4 Å². The van der Waals surface area contributed by atoms with Gasteiger partial charge in [0.05, 0.1) is 18.3 Å². The maximum Gasteiger partial charge on any atom is 0.303 e. The van der Waals surface area contributed by atoms with Gasteiger partial charge in [0.15, 0.2) is 0 Å². The number of aryl methyl sites for hydroxylation is 1. The number of aliphatic carboxylic acids is 1. The maximum absolute atomic E-state index is 12.7. The molecule has 0 bridgehead atoms. The number of thiophene rings is 1. The predicted octanol–water partition coefficient (Wildman–Crippen LogP) is 1.05. The molecule has 1 aliphatic rings. The van der Waals surface area contributed by atoms with Crippen molar-refractivity contribution in [2.75, 3.05) is 13.1 Å². The third-order valence-corrected chi connectivity index (χ3v) is 7.32. The molecule has 0 radical (unpaired) electrons. The van der Waals surface area contributed by atoms with E-state index in [2.05, 4.69) is 15.4 Å². The molecular formula is C13H16N4O4S2. The summed E-state index contributed by atoms with van der Waals surface area (Å²) in [5, 5.41) is 21.1. The lowest BCUT2D eigenvalue weighted by atomic mass is 9.91. The van der Waals surface area contributed by atoms with Gasteiger partial charge in [0.2, 0.25) is 0 Å². The Kier molecular flexibility index (Phi) is 4.21. The SMILES string of the molecule is Cc1csc(S(=O)(=O)N2C[C@H](CC(=O)O)[C@H](c3cn[nH]n3)C2)c1. The van der Waals surface area contributed by atoms with Crippen LogP contribution in [0.2, 0.25) is 0 Å². The molecule has 2 aromatic heterocycles. The number of carboxylic acids is 1. The van der Waals surface area contributed by atoms with Crippen molar-refractivity contribution in [2.45, 2.75) is 23.5 Å². The Bertz CT molecular complexity index is 800. The molecule has 3 rings (SSSR count). The molecule has 0 amide bonds. The van der Waals surface area contributed by atoms with Crippen molar-refractivity contribution >= 4 is 27.3 Å². The summed E-state index contributed by atoms with van der Waals surface area (Å²) < 4.78 is 27.1. The van der Waals surface area contributed by atoms with E-state index >= 15 is 0 Å². The number of nitrogens with zero attached hydrogens (tertiary/aromatic N) is 3. The second-order valence-electron chi connectivity index (χ2n) is 5.62. The van der Waals surface area contributed by atoms with Gasteiger partial charge in [-0.2, -0.15) is 19.7 Å². The van der Waals surface area contributed by atoms with Gasteiger partial charge in [-0.05, 0) is 29.9 Å². The topological polar surface area (TPSA) is 116 Å². The van der Waals surface area contributed by atoms with E-state index in [1.165, 1.54) is 21.8 Å². The summed E-state index contributed by atoms with van der Waals surface area (Å²) >= 11 is 1.18. The molecule has 1 fully saturated rings. The Labute approximate surface area is 137 Å². The number of aromatic amines is 1. The van der Waals surface area contributed by atoms with Crippen LogP contribution in [0.4, 0.5) is 0 Å². The second kappa shape index (κ2) is 6.02. The van der Waals surface area contributed by atoms with E-state index in [1.807, 2.05) is 6.92 Å². The molecule has 2 aromatic rings.